The van der Waals surface area contributed by atoms with Crippen LogP contribution in [0, 0.1) is 0 Å². The van der Waals surface area contributed by atoms with Crippen molar-refractivity contribution >= 4 is 11.5 Å². The zero-order valence-corrected chi connectivity index (χ0v) is 13.5. The van der Waals surface area contributed by atoms with E-state index in [9.17, 15) is 4.79 Å². The molecule has 2 heterocycles. The van der Waals surface area contributed by atoms with Gasteiger partial charge in [-0.2, -0.15) is 0 Å². The molecular weight excluding hydrogens is 286 g/mol. The Hall–Kier alpha value is -2.62. The van der Waals surface area contributed by atoms with Gasteiger partial charge >= 0.3 is 0 Å². The van der Waals surface area contributed by atoms with Gasteiger partial charge in [0.1, 0.15) is 0 Å². The Bertz CT molecular complexity index is 720. The van der Waals surface area contributed by atoms with Crippen LogP contribution in [0.3, 0.4) is 0 Å². The van der Waals surface area contributed by atoms with Crippen molar-refractivity contribution in [3.63, 3.8) is 0 Å². The van der Waals surface area contributed by atoms with Crippen LogP contribution in [0.1, 0.15) is 18.9 Å². The molecule has 0 unspecified atom stereocenters. The number of hydrogen-bond donors (Lipinski definition) is 1. The molecule has 1 amide bonds. The predicted octanol–water partition coefficient (Wildman–Crippen LogP) is 2.93. The summed E-state index contributed by atoms with van der Waals surface area (Å²) >= 11 is 0. The Morgan fingerprint density at radius 2 is 1.65 bits per heavy atom. The van der Waals surface area contributed by atoms with Gasteiger partial charge in [-0.05, 0) is 34.4 Å². The van der Waals surface area contributed by atoms with Crippen LogP contribution in [-0.4, -0.2) is 35.9 Å². The van der Waals surface area contributed by atoms with Crippen LogP contribution >= 0.6 is 0 Å². The number of nitrogens with zero attached hydrogens (tertiary/aromatic N) is 2. The number of nitrogens with one attached hydrogen (secondary N) is 1. The SMILES string of the molecule is CNC1=C(c2ccc(-c3ccncc3)cc2)CN(C(C)=O)CC1. The van der Waals surface area contributed by atoms with E-state index >= 15 is 0 Å². The monoisotopic (exact) mass is 307 g/mol. The summed E-state index contributed by atoms with van der Waals surface area (Å²) in [6.45, 7) is 3.08. The van der Waals surface area contributed by atoms with Gasteiger partial charge in [-0.15, -0.1) is 0 Å². The van der Waals surface area contributed by atoms with Crippen LogP contribution in [0.4, 0.5) is 0 Å². The third kappa shape index (κ3) is 3.26. The number of carbonyl (C=O) groups is 1. The van der Waals surface area contributed by atoms with Crippen LogP contribution < -0.4 is 5.32 Å². The average molecular weight is 307 g/mol. The molecule has 1 aromatic heterocycles. The molecule has 1 aromatic carbocycles. The summed E-state index contributed by atoms with van der Waals surface area (Å²) in [6, 6.07) is 12.5. The minimum Gasteiger partial charge on any atom is -0.391 e. The second kappa shape index (κ2) is 6.65. The molecule has 0 aliphatic carbocycles. The minimum absolute atomic E-state index is 0.131. The maximum absolute atomic E-state index is 11.7. The van der Waals surface area contributed by atoms with Gasteiger partial charge in [-0.25, -0.2) is 0 Å². The number of aromatic nitrogens is 1. The molecule has 3 rings (SSSR count). The van der Waals surface area contributed by atoms with Gasteiger partial charge in [0.25, 0.3) is 0 Å². The number of amides is 1. The molecule has 2 aromatic rings. The maximum atomic E-state index is 11.7. The highest BCUT2D eigenvalue weighted by Crippen LogP contribution is 2.27. The Morgan fingerprint density at radius 1 is 1.04 bits per heavy atom. The first-order valence-electron chi connectivity index (χ1n) is 7.85. The summed E-state index contributed by atoms with van der Waals surface area (Å²) in [4.78, 5) is 17.6. The zero-order valence-electron chi connectivity index (χ0n) is 13.5. The zero-order chi connectivity index (χ0) is 16.2. The van der Waals surface area contributed by atoms with Gasteiger partial charge in [0, 0.05) is 51.6 Å². The predicted molar refractivity (Wildman–Crippen MR) is 92.5 cm³/mol. The fraction of sp³-hybridized carbons (Fsp3) is 0.263. The Morgan fingerprint density at radius 3 is 2.26 bits per heavy atom. The molecule has 0 saturated heterocycles. The summed E-state index contributed by atoms with van der Waals surface area (Å²) in [5.74, 6) is 0.131. The van der Waals surface area contributed by atoms with Crippen LogP contribution in [0.15, 0.2) is 54.5 Å². The Balaban J connectivity index is 1.91. The quantitative estimate of drug-likeness (QED) is 0.948. The van der Waals surface area contributed by atoms with Crippen molar-refractivity contribution in [3.05, 3.63) is 60.1 Å². The molecule has 1 aliphatic rings. The topological polar surface area (TPSA) is 45.2 Å². The van der Waals surface area contributed by atoms with Crippen molar-refractivity contribution in [2.45, 2.75) is 13.3 Å². The average Bonchev–Trinajstić information content (AvgIpc) is 2.62. The smallest absolute Gasteiger partial charge is 0.219 e. The molecular formula is C19H21N3O. The van der Waals surface area contributed by atoms with Crippen LogP contribution in [-0.2, 0) is 4.79 Å². The van der Waals surface area contributed by atoms with Gasteiger partial charge < -0.3 is 10.2 Å². The van der Waals surface area contributed by atoms with Crippen molar-refractivity contribution < 1.29 is 4.79 Å². The lowest BCUT2D eigenvalue weighted by Gasteiger charge is -2.30. The number of rotatable bonds is 3. The lowest BCUT2D eigenvalue weighted by atomic mass is 9.96. The van der Waals surface area contributed by atoms with Crippen molar-refractivity contribution in [2.75, 3.05) is 20.1 Å². The van der Waals surface area contributed by atoms with E-state index in [0.29, 0.717) is 6.54 Å². The molecule has 118 valence electrons. The molecule has 0 bridgehead atoms. The van der Waals surface area contributed by atoms with Gasteiger partial charge in [0.15, 0.2) is 0 Å². The minimum atomic E-state index is 0.131. The highest BCUT2D eigenvalue weighted by Gasteiger charge is 2.21. The summed E-state index contributed by atoms with van der Waals surface area (Å²) in [5, 5.41) is 3.29. The Labute approximate surface area is 136 Å². The lowest BCUT2D eigenvalue weighted by molar-refractivity contribution is -0.128. The third-order valence-electron chi connectivity index (χ3n) is 4.34. The van der Waals surface area contributed by atoms with Crippen LogP contribution in [0.5, 0.6) is 0 Å². The summed E-state index contributed by atoms with van der Waals surface area (Å²) in [7, 11) is 1.95. The molecule has 0 spiro atoms. The second-order valence-electron chi connectivity index (χ2n) is 5.71. The Kier molecular flexibility index (Phi) is 4.42. The van der Waals surface area contributed by atoms with Gasteiger partial charge in [-0.3, -0.25) is 9.78 Å². The molecule has 4 heteroatoms. The molecule has 0 saturated carbocycles. The lowest BCUT2D eigenvalue weighted by Crippen LogP contribution is -2.36. The van der Waals surface area contributed by atoms with Crippen molar-refractivity contribution in [1.29, 1.82) is 0 Å². The van der Waals surface area contributed by atoms with E-state index in [1.165, 1.54) is 16.8 Å². The van der Waals surface area contributed by atoms with E-state index in [1.54, 1.807) is 19.3 Å². The van der Waals surface area contributed by atoms with Crippen molar-refractivity contribution in [2.24, 2.45) is 0 Å². The van der Waals surface area contributed by atoms with Gasteiger partial charge in [-0.1, -0.05) is 24.3 Å². The first kappa shape index (κ1) is 15.3. The number of carbonyl (C=O) groups excluding carboxylic acids is 1. The van der Waals surface area contributed by atoms with E-state index in [0.717, 1.165) is 24.1 Å². The third-order valence-corrected chi connectivity index (χ3v) is 4.34. The normalized spacial score (nSPS) is 14.8. The van der Waals surface area contributed by atoms with Crippen molar-refractivity contribution in [1.82, 2.24) is 15.2 Å². The number of hydrogen-bond acceptors (Lipinski definition) is 3. The fourth-order valence-corrected chi connectivity index (χ4v) is 2.98. The van der Waals surface area contributed by atoms with E-state index < -0.39 is 0 Å². The summed E-state index contributed by atoms with van der Waals surface area (Å²) < 4.78 is 0. The standard InChI is InChI=1S/C19H21N3O/c1-14(23)22-12-9-19(20-2)18(13-22)17-5-3-15(4-6-17)16-7-10-21-11-8-16/h3-8,10-11,20H,9,12-13H2,1-2H3. The van der Waals surface area contributed by atoms with Gasteiger partial charge in [0.2, 0.25) is 5.91 Å². The van der Waals surface area contributed by atoms with E-state index in [1.807, 2.05) is 24.1 Å². The largest absolute Gasteiger partial charge is 0.391 e. The highest BCUT2D eigenvalue weighted by atomic mass is 16.2. The molecule has 0 radical (unpaired) electrons. The van der Waals surface area contributed by atoms with E-state index in [2.05, 4.69) is 34.6 Å². The molecule has 0 fully saturated rings. The van der Waals surface area contributed by atoms with Crippen LogP contribution in [0.25, 0.3) is 16.7 Å². The number of benzene rings is 1. The molecule has 1 N–H and O–H groups in total. The van der Waals surface area contributed by atoms with Gasteiger partial charge in [0.05, 0.1) is 0 Å². The molecule has 23 heavy (non-hydrogen) atoms. The first-order valence-corrected chi connectivity index (χ1v) is 7.85. The van der Waals surface area contributed by atoms with E-state index in [4.69, 9.17) is 0 Å². The van der Waals surface area contributed by atoms with Crippen LogP contribution in [0.2, 0.25) is 0 Å². The molecule has 0 atom stereocenters. The number of pyridine rings is 1. The fourth-order valence-electron chi connectivity index (χ4n) is 2.98. The summed E-state index contributed by atoms with van der Waals surface area (Å²) in [5.41, 5.74) is 5.91. The summed E-state index contributed by atoms with van der Waals surface area (Å²) in [6.07, 6.45) is 4.48. The van der Waals surface area contributed by atoms with E-state index in [-0.39, 0.29) is 5.91 Å². The first-order chi connectivity index (χ1) is 11.2. The maximum Gasteiger partial charge on any atom is 0.219 e. The molecule has 1 aliphatic heterocycles. The molecule has 4 nitrogen and oxygen atoms in total. The second-order valence-corrected chi connectivity index (χ2v) is 5.71. The van der Waals surface area contributed by atoms with Crippen molar-refractivity contribution in [3.8, 4) is 11.1 Å². The highest BCUT2D eigenvalue weighted by molar-refractivity contribution is 5.80.